The molecule has 0 aliphatic heterocycles. The summed E-state index contributed by atoms with van der Waals surface area (Å²) in [4.78, 5) is 12.4. The van der Waals surface area contributed by atoms with Gasteiger partial charge in [0, 0.05) is 10.4 Å². The lowest BCUT2D eigenvalue weighted by atomic mass is 9.92. The second-order valence-corrected chi connectivity index (χ2v) is 6.56. The van der Waals surface area contributed by atoms with E-state index in [0.29, 0.717) is 5.02 Å². The van der Waals surface area contributed by atoms with Crippen LogP contribution in [-0.4, -0.2) is 5.91 Å². The van der Waals surface area contributed by atoms with E-state index in [0.717, 1.165) is 11.1 Å². The molecule has 1 atom stereocenters. The van der Waals surface area contributed by atoms with Gasteiger partial charge in [-0.05, 0) is 23.3 Å². The molecule has 110 valence electrons. The van der Waals surface area contributed by atoms with E-state index >= 15 is 0 Å². The van der Waals surface area contributed by atoms with Crippen LogP contribution in [0.15, 0.2) is 54.6 Å². The molecule has 0 heterocycles. The fraction of sp³-hybridized carbons (Fsp3) is 0.278. The van der Waals surface area contributed by atoms with E-state index in [4.69, 9.17) is 11.6 Å². The minimum atomic E-state index is -0.431. The van der Waals surface area contributed by atoms with Crippen molar-refractivity contribution in [2.24, 2.45) is 5.41 Å². The van der Waals surface area contributed by atoms with Crippen LogP contribution < -0.4 is 5.32 Å². The van der Waals surface area contributed by atoms with Gasteiger partial charge in [0.25, 0.3) is 0 Å². The van der Waals surface area contributed by atoms with Crippen LogP contribution >= 0.6 is 11.6 Å². The Morgan fingerprint density at radius 2 is 1.48 bits per heavy atom. The lowest BCUT2D eigenvalue weighted by Crippen LogP contribution is -2.37. The van der Waals surface area contributed by atoms with Crippen LogP contribution in [0.1, 0.15) is 37.9 Å². The summed E-state index contributed by atoms with van der Waals surface area (Å²) in [5, 5.41) is 3.81. The van der Waals surface area contributed by atoms with Crippen molar-refractivity contribution in [2.45, 2.75) is 26.8 Å². The molecule has 2 aromatic carbocycles. The Hall–Kier alpha value is -1.80. The molecule has 0 aliphatic carbocycles. The van der Waals surface area contributed by atoms with E-state index in [-0.39, 0.29) is 11.9 Å². The first-order chi connectivity index (χ1) is 9.88. The number of carbonyl (C=O) groups excluding carboxylic acids is 1. The summed E-state index contributed by atoms with van der Waals surface area (Å²) in [5.41, 5.74) is 1.64. The number of halogens is 1. The second-order valence-electron chi connectivity index (χ2n) is 6.12. The van der Waals surface area contributed by atoms with Crippen molar-refractivity contribution in [1.82, 2.24) is 5.32 Å². The fourth-order valence-electron chi connectivity index (χ4n) is 2.01. The minimum Gasteiger partial charge on any atom is -0.345 e. The molecule has 2 rings (SSSR count). The number of hydrogen-bond acceptors (Lipinski definition) is 1. The highest BCUT2D eigenvalue weighted by Gasteiger charge is 2.25. The lowest BCUT2D eigenvalue weighted by Gasteiger charge is -2.25. The van der Waals surface area contributed by atoms with Crippen LogP contribution in [0.3, 0.4) is 0 Å². The van der Waals surface area contributed by atoms with Gasteiger partial charge in [0.2, 0.25) is 5.91 Å². The van der Waals surface area contributed by atoms with Crippen molar-refractivity contribution >= 4 is 17.5 Å². The SMILES string of the molecule is CC(C)(C)C(=O)N[C@H](c1ccccc1)c1ccc(Cl)cc1. The van der Waals surface area contributed by atoms with Gasteiger partial charge in [0.1, 0.15) is 0 Å². The Bertz CT molecular complexity index is 599. The van der Waals surface area contributed by atoms with Crippen molar-refractivity contribution < 1.29 is 4.79 Å². The van der Waals surface area contributed by atoms with Crippen molar-refractivity contribution in [3.05, 3.63) is 70.7 Å². The highest BCUT2D eigenvalue weighted by Crippen LogP contribution is 2.25. The van der Waals surface area contributed by atoms with E-state index in [1.54, 1.807) is 0 Å². The van der Waals surface area contributed by atoms with Gasteiger partial charge < -0.3 is 5.32 Å². The molecule has 0 radical (unpaired) electrons. The number of amides is 1. The molecule has 0 saturated carbocycles. The lowest BCUT2D eigenvalue weighted by molar-refractivity contribution is -0.129. The summed E-state index contributed by atoms with van der Waals surface area (Å²) in [7, 11) is 0. The van der Waals surface area contributed by atoms with Crippen molar-refractivity contribution in [2.75, 3.05) is 0 Å². The van der Waals surface area contributed by atoms with Gasteiger partial charge in [0.05, 0.1) is 6.04 Å². The maximum Gasteiger partial charge on any atom is 0.226 e. The summed E-state index contributed by atoms with van der Waals surface area (Å²) in [6.07, 6.45) is 0. The topological polar surface area (TPSA) is 29.1 Å². The summed E-state index contributed by atoms with van der Waals surface area (Å²) < 4.78 is 0. The molecule has 0 aliphatic rings. The zero-order valence-electron chi connectivity index (χ0n) is 12.6. The number of nitrogens with one attached hydrogen (secondary N) is 1. The van der Waals surface area contributed by atoms with Gasteiger partial charge in [-0.25, -0.2) is 0 Å². The molecule has 3 heteroatoms. The van der Waals surface area contributed by atoms with E-state index < -0.39 is 5.41 Å². The van der Waals surface area contributed by atoms with Crippen molar-refractivity contribution in [3.8, 4) is 0 Å². The normalized spacial score (nSPS) is 12.8. The van der Waals surface area contributed by atoms with Crippen LogP contribution in [-0.2, 0) is 4.79 Å². The third-order valence-electron chi connectivity index (χ3n) is 3.29. The Kier molecular flexibility index (Phi) is 4.69. The first-order valence-electron chi connectivity index (χ1n) is 6.99. The average molecular weight is 302 g/mol. The Balaban J connectivity index is 2.36. The highest BCUT2D eigenvalue weighted by atomic mass is 35.5. The summed E-state index contributed by atoms with van der Waals surface area (Å²) in [5.74, 6) is 0.0197. The molecule has 0 saturated heterocycles. The Labute approximate surface area is 131 Å². The zero-order valence-corrected chi connectivity index (χ0v) is 13.3. The number of benzene rings is 2. The van der Waals surface area contributed by atoms with Gasteiger partial charge in [0.15, 0.2) is 0 Å². The number of rotatable bonds is 3. The van der Waals surface area contributed by atoms with Crippen molar-refractivity contribution in [1.29, 1.82) is 0 Å². The predicted molar refractivity (Wildman–Crippen MR) is 87.3 cm³/mol. The largest absolute Gasteiger partial charge is 0.345 e. The summed E-state index contributed by atoms with van der Waals surface area (Å²) in [6, 6.07) is 17.4. The number of carbonyl (C=O) groups is 1. The molecule has 0 unspecified atom stereocenters. The quantitative estimate of drug-likeness (QED) is 0.882. The Morgan fingerprint density at radius 1 is 0.952 bits per heavy atom. The van der Waals surface area contributed by atoms with Crippen LogP contribution in [0, 0.1) is 5.41 Å². The molecule has 2 aromatic rings. The molecule has 0 spiro atoms. The van der Waals surface area contributed by atoms with Gasteiger partial charge in [-0.2, -0.15) is 0 Å². The van der Waals surface area contributed by atoms with Crippen LogP contribution in [0.5, 0.6) is 0 Å². The molecule has 21 heavy (non-hydrogen) atoms. The first kappa shape index (κ1) is 15.6. The number of hydrogen-bond donors (Lipinski definition) is 1. The molecule has 0 bridgehead atoms. The minimum absolute atomic E-state index is 0.0197. The van der Waals surface area contributed by atoms with Crippen molar-refractivity contribution in [3.63, 3.8) is 0 Å². The maximum absolute atomic E-state index is 12.4. The van der Waals surface area contributed by atoms with E-state index in [1.165, 1.54) is 0 Å². The fourth-order valence-corrected chi connectivity index (χ4v) is 2.13. The summed E-state index contributed by atoms with van der Waals surface area (Å²) >= 11 is 5.95. The predicted octanol–water partition coefficient (Wildman–Crippen LogP) is 4.59. The average Bonchev–Trinajstić information content (AvgIpc) is 2.45. The monoisotopic (exact) mass is 301 g/mol. The van der Waals surface area contributed by atoms with E-state index in [9.17, 15) is 4.79 Å². The summed E-state index contributed by atoms with van der Waals surface area (Å²) in [6.45, 7) is 5.73. The van der Waals surface area contributed by atoms with Gasteiger partial charge >= 0.3 is 0 Å². The molecular formula is C18H20ClNO. The van der Waals surface area contributed by atoms with Gasteiger partial charge in [-0.1, -0.05) is 74.8 Å². The first-order valence-corrected chi connectivity index (χ1v) is 7.37. The van der Waals surface area contributed by atoms with Crippen LogP contribution in [0.4, 0.5) is 0 Å². The highest BCUT2D eigenvalue weighted by molar-refractivity contribution is 6.30. The molecule has 1 N–H and O–H groups in total. The van der Waals surface area contributed by atoms with Crippen LogP contribution in [0.2, 0.25) is 5.02 Å². The molecule has 2 nitrogen and oxygen atoms in total. The third-order valence-corrected chi connectivity index (χ3v) is 3.54. The molecular weight excluding hydrogens is 282 g/mol. The smallest absolute Gasteiger partial charge is 0.226 e. The molecule has 1 amide bonds. The third kappa shape index (κ3) is 4.08. The molecule has 0 fully saturated rings. The maximum atomic E-state index is 12.4. The zero-order chi connectivity index (χ0) is 15.5. The Morgan fingerprint density at radius 3 is 2.00 bits per heavy atom. The van der Waals surface area contributed by atoms with Gasteiger partial charge in [-0.3, -0.25) is 4.79 Å². The standard InChI is InChI=1S/C18H20ClNO/c1-18(2,3)17(21)20-16(13-7-5-4-6-8-13)14-9-11-15(19)12-10-14/h4-12,16H,1-3H3,(H,20,21)/t16-/m1/s1. The van der Waals surface area contributed by atoms with E-state index in [1.807, 2.05) is 75.4 Å². The van der Waals surface area contributed by atoms with Crippen LogP contribution in [0.25, 0.3) is 0 Å². The molecule has 0 aromatic heterocycles. The van der Waals surface area contributed by atoms with E-state index in [2.05, 4.69) is 5.32 Å². The second kappa shape index (κ2) is 6.31. The van der Waals surface area contributed by atoms with Gasteiger partial charge in [-0.15, -0.1) is 0 Å².